The molecule has 0 saturated heterocycles. The van der Waals surface area contributed by atoms with E-state index < -0.39 is 0 Å². The number of furan rings is 1. The summed E-state index contributed by atoms with van der Waals surface area (Å²) in [6.07, 6.45) is 0. The predicted octanol–water partition coefficient (Wildman–Crippen LogP) is 11.3. The van der Waals surface area contributed by atoms with E-state index >= 15 is 0 Å². The lowest BCUT2D eigenvalue weighted by Crippen LogP contribution is -2.00. The van der Waals surface area contributed by atoms with Crippen LogP contribution in [0.15, 0.2) is 168 Å². The van der Waals surface area contributed by atoms with Crippen LogP contribution in [-0.2, 0) is 0 Å². The summed E-state index contributed by atoms with van der Waals surface area (Å²) in [6, 6.07) is 56.6. The first-order chi connectivity index (χ1) is 23.2. The summed E-state index contributed by atoms with van der Waals surface area (Å²) in [6.45, 7) is 0. The fraction of sp³-hybridized carbons (Fsp3) is 0. The molecule has 0 aliphatic carbocycles. The summed E-state index contributed by atoms with van der Waals surface area (Å²) < 4.78 is 6.20. The predicted molar refractivity (Wildman–Crippen MR) is 192 cm³/mol. The second-order valence-corrected chi connectivity index (χ2v) is 11.7. The van der Waals surface area contributed by atoms with E-state index in [1.54, 1.807) is 0 Å². The Bertz CT molecular complexity index is 2570. The third kappa shape index (κ3) is 5.02. The number of benzene rings is 7. The van der Waals surface area contributed by atoms with Gasteiger partial charge in [0.2, 0.25) is 0 Å². The number of nitrogens with zero attached hydrogens (tertiary/aromatic N) is 3. The number of para-hydroxylation sites is 1. The maximum Gasteiger partial charge on any atom is 0.164 e. The van der Waals surface area contributed by atoms with Gasteiger partial charge in [-0.3, -0.25) is 0 Å². The Morgan fingerprint density at radius 1 is 0.298 bits per heavy atom. The highest BCUT2D eigenvalue weighted by molar-refractivity contribution is 6.05. The van der Waals surface area contributed by atoms with Gasteiger partial charge in [-0.25, -0.2) is 15.0 Å². The molecule has 0 N–H and O–H groups in total. The minimum atomic E-state index is 0.598. The van der Waals surface area contributed by atoms with E-state index in [0.717, 1.165) is 49.8 Å². The Balaban J connectivity index is 1.15. The van der Waals surface area contributed by atoms with Crippen molar-refractivity contribution in [2.24, 2.45) is 0 Å². The highest BCUT2D eigenvalue weighted by Gasteiger charge is 2.15. The van der Waals surface area contributed by atoms with Gasteiger partial charge in [0.05, 0.1) is 0 Å². The van der Waals surface area contributed by atoms with E-state index in [2.05, 4.69) is 103 Å². The van der Waals surface area contributed by atoms with Gasteiger partial charge in [-0.15, -0.1) is 0 Å². The van der Waals surface area contributed by atoms with Crippen molar-refractivity contribution in [1.82, 2.24) is 15.0 Å². The molecule has 9 aromatic rings. The molecule has 0 unspecified atom stereocenters. The van der Waals surface area contributed by atoms with Crippen LogP contribution in [0.25, 0.3) is 89.1 Å². The Morgan fingerprint density at radius 2 is 0.809 bits per heavy atom. The van der Waals surface area contributed by atoms with Crippen LogP contribution in [0.4, 0.5) is 0 Å². The maximum atomic E-state index is 6.20. The molecule has 0 fully saturated rings. The summed E-state index contributed by atoms with van der Waals surface area (Å²) in [5, 5.41) is 4.57. The lowest BCUT2D eigenvalue weighted by Gasteiger charge is -2.10. The van der Waals surface area contributed by atoms with Gasteiger partial charge < -0.3 is 4.42 Å². The minimum absolute atomic E-state index is 0.598. The third-order valence-corrected chi connectivity index (χ3v) is 8.71. The zero-order valence-corrected chi connectivity index (χ0v) is 25.3. The summed E-state index contributed by atoms with van der Waals surface area (Å²) in [7, 11) is 0. The number of hydrogen-bond donors (Lipinski definition) is 0. The molecule has 0 aliphatic rings. The first-order valence-corrected chi connectivity index (χ1v) is 15.7. The lowest BCUT2D eigenvalue weighted by molar-refractivity contribution is 0.669. The molecule has 4 nitrogen and oxygen atoms in total. The van der Waals surface area contributed by atoms with Gasteiger partial charge in [0.1, 0.15) is 11.2 Å². The van der Waals surface area contributed by atoms with Crippen molar-refractivity contribution in [3.8, 4) is 56.4 Å². The molecule has 4 heteroatoms. The van der Waals surface area contributed by atoms with Crippen molar-refractivity contribution in [1.29, 1.82) is 0 Å². The zero-order chi connectivity index (χ0) is 31.2. The van der Waals surface area contributed by atoms with Gasteiger partial charge in [-0.1, -0.05) is 127 Å². The van der Waals surface area contributed by atoms with E-state index in [1.807, 2.05) is 60.7 Å². The second kappa shape index (κ2) is 11.2. The molecule has 9 rings (SSSR count). The molecule has 220 valence electrons. The quantitative estimate of drug-likeness (QED) is 0.197. The number of fused-ring (bicyclic) bond motifs is 4. The van der Waals surface area contributed by atoms with Crippen molar-refractivity contribution in [3.05, 3.63) is 164 Å². The average Bonchev–Trinajstić information content (AvgIpc) is 3.53. The van der Waals surface area contributed by atoms with Crippen molar-refractivity contribution in [3.63, 3.8) is 0 Å². The van der Waals surface area contributed by atoms with E-state index in [4.69, 9.17) is 19.4 Å². The zero-order valence-electron chi connectivity index (χ0n) is 25.3. The standard InChI is InChI=1S/C43H27N3O/c1-3-10-28(11-4-1)32-20-18-29-19-21-33(26-36(29)25-32)31-14-9-15-34(24-31)42-44-41(30-12-5-2-6-13-30)45-43(46-42)35-22-23-38-37-16-7-8-17-39(37)47-40(38)27-35/h1-27H. The number of rotatable bonds is 5. The highest BCUT2D eigenvalue weighted by atomic mass is 16.3. The molecule has 0 spiro atoms. The summed E-state index contributed by atoms with van der Waals surface area (Å²) in [4.78, 5) is 15.0. The van der Waals surface area contributed by atoms with E-state index in [0.29, 0.717) is 17.5 Å². The molecule has 0 radical (unpaired) electrons. The van der Waals surface area contributed by atoms with Crippen LogP contribution in [0, 0.1) is 0 Å². The second-order valence-electron chi connectivity index (χ2n) is 11.7. The summed E-state index contributed by atoms with van der Waals surface area (Å²) in [5.41, 5.74) is 9.05. The summed E-state index contributed by atoms with van der Waals surface area (Å²) in [5.74, 6) is 1.84. The van der Waals surface area contributed by atoms with Crippen molar-refractivity contribution in [2.75, 3.05) is 0 Å². The number of hydrogen-bond acceptors (Lipinski definition) is 4. The Hall–Kier alpha value is -6.39. The van der Waals surface area contributed by atoms with Crippen LogP contribution in [0.3, 0.4) is 0 Å². The third-order valence-electron chi connectivity index (χ3n) is 8.71. The van der Waals surface area contributed by atoms with Gasteiger partial charge in [-0.05, 0) is 69.4 Å². The minimum Gasteiger partial charge on any atom is -0.456 e. The number of aromatic nitrogens is 3. The van der Waals surface area contributed by atoms with Crippen LogP contribution < -0.4 is 0 Å². The monoisotopic (exact) mass is 601 g/mol. The molecule has 0 aliphatic heterocycles. The maximum absolute atomic E-state index is 6.20. The molecule has 0 saturated carbocycles. The van der Waals surface area contributed by atoms with Gasteiger partial charge in [-0.2, -0.15) is 0 Å². The lowest BCUT2D eigenvalue weighted by atomic mass is 9.97. The molecule has 2 aromatic heterocycles. The van der Waals surface area contributed by atoms with Gasteiger partial charge in [0.25, 0.3) is 0 Å². The SMILES string of the molecule is c1ccc(-c2ccc3ccc(-c4cccc(-c5nc(-c6ccccc6)nc(-c6ccc7c(c6)oc6ccccc67)n5)c4)cc3c2)cc1. The Morgan fingerprint density at radius 3 is 1.55 bits per heavy atom. The van der Waals surface area contributed by atoms with Crippen LogP contribution in [-0.4, -0.2) is 15.0 Å². The molecule has 0 bridgehead atoms. The van der Waals surface area contributed by atoms with Crippen molar-refractivity contribution >= 4 is 32.7 Å². The van der Waals surface area contributed by atoms with Crippen LogP contribution in [0.1, 0.15) is 0 Å². The molecule has 47 heavy (non-hydrogen) atoms. The van der Waals surface area contributed by atoms with Gasteiger partial charge in [0.15, 0.2) is 17.5 Å². The first kappa shape index (κ1) is 27.0. The largest absolute Gasteiger partial charge is 0.456 e. The van der Waals surface area contributed by atoms with Crippen LogP contribution in [0.2, 0.25) is 0 Å². The van der Waals surface area contributed by atoms with Crippen LogP contribution in [0.5, 0.6) is 0 Å². The Labute approximate surface area is 271 Å². The van der Waals surface area contributed by atoms with Crippen molar-refractivity contribution < 1.29 is 4.42 Å². The van der Waals surface area contributed by atoms with Gasteiger partial charge in [0, 0.05) is 27.5 Å². The summed E-state index contributed by atoms with van der Waals surface area (Å²) >= 11 is 0. The highest BCUT2D eigenvalue weighted by Crippen LogP contribution is 2.34. The fourth-order valence-electron chi connectivity index (χ4n) is 6.29. The first-order valence-electron chi connectivity index (χ1n) is 15.7. The van der Waals surface area contributed by atoms with Crippen LogP contribution >= 0.6 is 0 Å². The van der Waals surface area contributed by atoms with E-state index in [9.17, 15) is 0 Å². The van der Waals surface area contributed by atoms with Crippen molar-refractivity contribution in [2.45, 2.75) is 0 Å². The van der Waals surface area contributed by atoms with Gasteiger partial charge >= 0.3 is 0 Å². The molecule has 0 atom stereocenters. The fourth-order valence-corrected chi connectivity index (χ4v) is 6.29. The molecule has 7 aromatic carbocycles. The normalized spacial score (nSPS) is 11.4. The Kier molecular flexibility index (Phi) is 6.43. The topological polar surface area (TPSA) is 51.8 Å². The van der Waals surface area contributed by atoms with E-state index in [1.165, 1.54) is 21.9 Å². The molecule has 2 heterocycles. The van der Waals surface area contributed by atoms with E-state index in [-0.39, 0.29) is 0 Å². The molecule has 0 amide bonds. The smallest absolute Gasteiger partial charge is 0.164 e. The average molecular weight is 602 g/mol. The molecular weight excluding hydrogens is 574 g/mol. The molecular formula is C43H27N3O.